The molecule has 1 heterocycles. The Bertz CT molecular complexity index is 523. The standard InChI is InChI=1S/C15H20Br2N2O2/c1-19-5-3-4-10(9-19)8-18-14-12(15(20)21-2)6-11(16)7-13(14)17/h6-7,10,18H,3-5,8-9H2,1-2H3. The SMILES string of the molecule is COC(=O)c1cc(Br)cc(Br)c1NCC1CCCN(C)C1. The summed E-state index contributed by atoms with van der Waals surface area (Å²) >= 11 is 6.93. The number of carbonyl (C=O) groups is 1. The number of nitrogens with one attached hydrogen (secondary N) is 1. The molecule has 0 bridgehead atoms. The predicted octanol–water partition coefficient (Wildman–Crippen LogP) is 3.75. The molecule has 116 valence electrons. The molecular weight excluding hydrogens is 400 g/mol. The van der Waals surface area contributed by atoms with Gasteiger partial charge in [-0.2, -0.15) is 0 Å². The maximum atomic E-state index is 11.9. The Labute approximate surface area is 142 Å². The monoisotopic (exact) mass is 418 g/mol. The molecule has 0 aliphatic carbocycles. The van der Waals surface area contributed by atoms with Crippen molar-refractivity contribution in [2.24, 2.45) is 5.92 Å². The first-order valence-corrected chi connectivity index (χ1v) is 8.59. The maximum absolute atomic E-state index is 11.9. The van der Waals surface area contributed by atoms with Gasteiger partial charge in [0.15, 0.2) is 0 Å². The van der Waals surface area contributed by atoms with Crippen molar-refractivity contribution in [3.05, 3.63) is 26.6 Å². The molecule has 21 heavy (non-hydrogen) atoms. The number of rotatable bonds is 4. The van der Waals surface area contributed by atoms with Gasteiger partial charge in [0.1, 0.15) is 0 Å². The number of ether oxygens (including phenoxy) is 1. The minimum atomic E-state index is -0.333. The molecule has 1 unspecified atom stereocenters. The van der Waals surface area contributed by atoms with E-state index in [4.69, 9.17) is 4.74 Å². The Balaban J connectivity index is 2.13. The Kier molecular flexibility index (Phi) is 6.08. The zero-order chi connectivity index (χ0) is 15.4. The van der Waals surface area contributed by atoms with Gasteiger partial charge in [-0.15, -0.1) is 0 Å². The van der Waals surface area contributed by atoms with E-state index in [1.165, 1.54) is 26.5 Å². The van der Waals surface area contributed by atoms with Gasteiger partial charge in [0.05, 0.1) is 18.4 Å². The molecule has 1 N–H and O–H groups in total. The first-order chi connectivity index (χ1) is 10.0. The number of hydrogen-bond donors (Lipinski definition) is 1. The van der Waals surface area contributed by atoms with E-state index in [1.807, 2.05) is 6.07 Å². The number of anilines is 1. The molecule has 0 aromatic heterocycles. The first kappa shape index (κ1) is 16.8. The van der Waals surface area contributed by atoms with Crippen LogP contribution in [0.1, 0.15) is 23.2 Å². The van der Waals surface area contributed by atoms with Crippen LogP contribution in [0.3, 0.4) is 0 Å². The van der Waals surface area contributed by atoms with E-state index in [0.29, 0.717) is 11.5 Å². The first-order valence-electron chi connectivity index (χ1n) is 7.01. The van der Waals surface area contributed by atoms with Crippen molar-refractivity contribution < 1.29 is 9.53 Å². The molecule has 0 amide bonds. The second-order valence-electron chi connectivity index (χ2n) is 5.45. The van der Waals surface area contributed by atoms with Crippen molar-refractivity contribution in [3.8, 4) is 0 Å². The van der Waals surface area contributed by atoms with Crippen LogP contribution in [0.25, 0.3) is 0 Å². The number of nitrogens with zero attached hydrogens (tertiary/aromatic N) is 1. The number of piperidine rings is 1. The average molecular weight is 420 g/mol. The zero-order valence-electron chi connectivity index (χ0n) is 12.3. The molecule has 1 aliphatic rings. The Morgan fingerprint density at radius 1 is 1.48 bits per heavy atom. The lowest BCUT2D eigenvalue weighted by Crippen LogP contribution is -2.35. The summed E-state index contributed by atoms with van der Waals surface area (Å²) < 4.78 is 6.57. The van der Waals surface area contributed by atoms with E-state index >= 15 is 0 Å². The van der Waals surface area contributed by atoms with Crippen molar-refractivity contribution in [3.63, 3.8) is 0 Å². The number of likely N-dealkylation sites (tertiary alicyclic amines) is 1. The van der Waals surface area contributed by atoms with Gasteiger partial charge in [-0.1, -0.05) is 15.9 Å². The van der Waals surface area contributed by atoms with Crippen LogP contribution >= 0.6 is 31.9 Å². The number of esters is 1. The topological polar surface area (TPSA) is 41.6 Å². The van der Waals surface area contributed by atoms with Crippen LogP contribution in [0.4, 0.5) is 5.69 Å². The van der Waals surface area contributed by atoms with E-state index in [1.54, 1.807) is 6.07 Å². The normalized spacial score (nSPS) is 19.3. The summed E-state index contributed by atoms with van der Waals surface area (Å²) in [4.78, 5) is 14.3. The van der Waals surface area contributed by atoms with Gasteiger partial charge in [0.25, 0.3) is 0 Å². The molecule has 2 rings (SSSR count). The van der Waals surface area contributed by atoms with E-state index in [2.05, 4.69) is 49.1 Å². The summed E-state index contributed by atoms with van der Waals surface area (Å²) in [7, 11) is 3.55. The van der Waals surface area contributed by atoms with Crippen LogP contribution in [-0.4, -0.2) is 44.7 Å². The molecule has 4 nitrogen and oxygen atoms in total. The molecule has 0 radical (unpaired) electrons. The summed E-state index contributed by atoms with van der Waals surface area (Å²) in [6.07, 6.45) is 2.45. The molecule has 1 aromatic carbocycles. The van der Waals surface area contributed by atoms with Crippen molar-refractivity contribution in [1.82, 2.24) is 4.90 Å². The maximum Gasteiger partial charge on any atom is 0.340 e. The number of methoxy groups -OCH3 is 1. The second-order valence-corrected chi connectivity index (χ2v) is 7.22. The summed E-state index contributed by atoms with van der Waals surface area (Å²) in [6.45, 7) is 3.12. The third-order valence-electron chi connectivity index (χ3n) is 3.75. The van der Waals surface area contributed by atoms with E-state index in [-0.39, 0.29) is 5.97 Å². The fourth-order valence-electron chi connectivity index (χ4n) is 2.71. The largest absolute Gasteiger partial charge is 0.465 e. The lowest BCUT2D eigenvalue weighted by atomic mass is 9.98. The van der Waals surface area contributed by atoms with Gasteiger partial charge in [-0.3, -0.25) is 0 Å². The second kappa shape index (κ2) is 7.61. The highest BCUT2D eigenvalue weighted by Gasteiger charge is 2.20. The highest BCUT2D eigenvalue weighted by atomic mass is 79.9. The van der Waals surface area contributed by atoms with Crippen LogP contribution < -0.4 is 5.32 Å². The summed E-state index contributed by atoms with van der Waals surface area (Å²) in [5, 5.41) is 3.42. The van der Waals surface area contributed by atoms with Crippen LogP contribution in [0, 0.1) is 5.92 Å². The molecule has 1 saturated heterocycles. The van der Waals surface area contributed by atoms with Crippen LogP contribution in [0.2, 0.25) is 0 Å². The van der Waals surface area contributed by atoms with Gasteiger partial charge in [0, 0.05) is 22.0 Å². The zero-order valence-corrected chi connectivity index (χ0v) is 15.5. The third kappa shape index (κ3) is 4.44. The average Bonchev–Trinajstić information content (AvgIpc) is 2.45. The quantitative estimate of drug-likeness (QED) is 0.754. The summed E-state index contributed by atoms with van der Waals surface area (Å²) in [6, 6.07) is 3.72. The molecular formula is C15H20Br2N2O2. The molecule has 6 heteroatoms. The van der Waals surface area contributed by atoms with Crippen molar-refractivity contribution >= 4 is 43.5 Å². The smallest absolute Gasteiger partial charge is 0.340 e. The fraction of sp³-hybridized carbons (Fsp3) is 0.533. The van der Waals surface area contributed by atoms with Crippen molar-refractivity contribution in [1.29, 1.82) is 0 Å². The highest BCUT2D eigenvalue weighted by molar-refractivity contribution is 9.11. The fourth-order valence-corrected chi connectivity index (χ4v) is 4.08. The Morgan fingerprint density at radius 3 is 2.90 bits per heavy atom. The van der Waals surface area contributed by atoms with E-state index in [0.717, 1.165) is 27.7 Å². The van der Waals surface area contributed by atoms with Crippen molar-refractivity contribution in [2.75, 3.05) is 39.1 Å². The number of hydrogen-bond acceptors (Lipinski definition) is 4. The number of benzene rings is 1. The molecule has 0 spiro atoms. The molecule has 0 saturated carbocycles. The van der Waals surface area contributed by atoms with E-state index in [9.17, 15) is 4.79 Å². The van der Waals surface area contributed by atoms with Gasteiger partial charge >= 0.3 is 5.97 Å². The van der Waals surface area contributed by atoms with Gasteiger partial charge in [-0.05, 0) is 60.4 Å². The summed E-state index contributed by atoms with van der Waals surface area (Å²) in [5.74, 6) is 0.269. The lowest BCUT2D eigenvalue weighted by molar-refractivity contribution is 0.0601. The van der Waals surface area contributed by atoms with Gasteiger partial charge in [0.2, 0.25) is 0 Å². The number of carbonyl (C=O) groups excluding carboxylic acids is 1. The van der Waals surface area contributed by atoms with Crippen molar-refractivity contribution in [2.45, 2.75) is 12.8 Å². The van der Waals surface area contributed by atoms with Crippen LogP contribution in [0.5, 0.6) is 0 Å². The minimum Gasteiger partial charge on any atom is -0.465 e. The van der Waals surface area contributed by atoms with Crippen LogP contribution in [0.15, 0.2) is 21.1 Å². The highest BCUT2D eigenvalue weighted by Crippen LogP contribution is 2.32. The molecule has 1 atom stereocenters. The molecule has 1 aliphatic heterocycles. The van der Waals surface area contributed by atoms with Crippen LogP contribution in [-0.2, 0) is 4.74 Å². The molecule has 1 fully saturated rings. The lowest BCUT2D eigenvalue weighted by Gasteiger charge is -2.30. The predicted molar refractivity (Wildman–Crippen MR) is 91.9 cm³/mol. The van der Waals surface area contributed by atoms with E-state index < -0.39 is 0 Å². The number of halogens is 2. The Morgan fingerprint density at radius 2 is 2.24 bits per heavy atom. The summed E-state index contributed by atoms with van der Waals surface area (Å²) in [5.41, 5.74) is 1.35. The molecule has 1 aromatic rings. The third-order valence-corrected chi connectivity index (χ3v) is 4.83. The van der Waals surface area contributed by atoms with Gasteiger partial charge in [-0.25, -0.2) is 4.79 Å². The minimum absolute atomic E-state index is 0.333. The Hall–Kier alpha value is -0.590. The van der Waals surface area contributed by atoms with Gasteiger partial charge < -0.3 is 15.0 Å².